The van der Waals surface area contributed by atoms with Crippen molar-refractivity contribution in [2.75, 3.05) is 0 Å². The molecule has 54 heavy (non-hydrogen) atoms. The van der Waals surface area contributed by atoms with Gasteiger partial charge < -0.3 is 0 Å². The summed E-state index contributed by atoms with van der Waals surface area (Å²) in [4.78, 5) is 13.1. The van der Waals surface area contributed by atoms with Crippen LogP contribution >= 0.6 is 7.94 Å². The number of benzene rings is 5. The van der Waals surface area contributed by atoms with Gasteiger partial charge in [0.05, 0.1) is 0 Å². The van der Waals surface area contributed by atoms with E-state index in [0.29, 0.717) is 16.8 Å². The summed E-state index contributed by atoms with van der Waals surface area (Å²) in [5, 5.41) is 5.25. The zero-order valence-electron chi connectivity index (χ0n) is 36.7. The summed E-state index contributed by atoms with van der Waals surface area (Å²) in [5.41, 5.74) is 6.36. The van der Waals surface area contributed by atoms with Crippen molar-refractivity contribution in [1.82, 2.24) is 0 Å². The second-order valence-electron chi connectivity index (χ2n) is 21.7. The predicted molar refractivity (Wildman–Crippen MR) is 237 cm³/mol. The van der Waals surface area contributed by atoms with Crippen LogP contribution in [-0.2, 0) is 32.5 Å². The summed E-state index contributed by atoms with van der Waals surface area (Å²) in [6.07, 6.45) is 0. The Bertz CT molecular complexity index is 2030. The van der Waals surface area contributed by atoms with Gasteiger partial charge in [-0.25, -0.2) is 0 Å². The Morgan fingerprint density at radius 3 is 1.02 bits per heavy atom. The molecule has 5 rings (SSSR count). The van der Waals surface area contributed by atoms with E-state index in [1.807, 2.05) is 30.3 Å². The third-order valence-corrected chi connectivity index (χ3v) is 12.4. The van der Waals surface area contributed by atoms with E-state index in [-0.39, 0.29) is 32.5 Å². The molecule has 0 aliphatic rings. The van der Waals surface area contributed by atoms with Crippen molar-refractivity contribution in [3.05, 3.63) is 112 Å². The molecule has 0 aliphatic heterocycles. The van der Waals surface area contributed by atoms with Gasteiger partial charge in [-0.2, -0.15) is 4.89 Å². The first kappa shape index (κ1) is 41.8. The van der Waals surface area contributed by atoms with Gasteiger partial charge in [-0.3, -0.25) is 9.05 Å². The summed E-state index contributed by atoms with van der Waals surface area (Å²) in [5.74, 6) is 1.29. The number of rotatable bonds is 5. The van der Waals surface area contributed by atoms with E-state index in [0.717, 1.165) is 21.9 Å². The summed E-state index contributed by atoms with van der Waals surface area (Å²) in [6, 6.07) is 28.0. The van der Waals surface area contributed by atoms with Crippen LogP contribution in [0.1, 0.15) is 158 Å². The van der Waals surface area contributed by atoms with E-state index >= 15 is 0 Å². The highest BCUT2D eigenvalue weighted by Crippen LogP contribution is 2.59. The zero-order valence-corrected chi connectivity index (χ0v) is 37.6. The van der Waals surface area contributed by atoms with Crippen LogP contribution in [0.15, 0.2) is 78.9 Å². The SMILES string of the molecule is CC(C)(C)c1cc(C(C)(C)C)c2cc(O[P+](O)(Oc3cc4c(C(C)(C)C)cc(C(C)(C)C)cc4cc3C(C)(C)C)c3ccccc3)c(C(C)(C)C)cc2c1. The number of hydrogen-bond acceptors (Lipinski definition) is 3. The maximum absolute atomic E-state index is 13.1. The number of fused-ring (bicyclic) bond motifs is 2. The molecule has 0 aliphatic carbocycles. The molecule has 0 radical (unpaired) electrons. The van der Waals surface area contributed by atoms with E-state index in [1.54, 1.807) is 0 Å². The molecule has 0 saturated carbocycles. The Balaban J connectivity index is 1.82. The van der Waals surface area contributed by atoms with Gasteiger partial charge in [0.1, 0.15) is 0 Å². The van der Waals surface area contributed by atoms with Crippen LogP contribution in [0.4, 0.5) is 0 Å². The quantitative estimate of drug-likeness (QED) is 0.182. The van der Waals surface area contributed by atoms with Gasteiger partial charge in [-0.15, -0.1) is 0 Å². The second-order valence-corrected chi connectivity index (χ2v) is 23.6. The lowest BCUT2D eigenvalue weighted by Gasteiger charge is -2.30. The van der Waals surface area contributed by atoms with E-state index in [1.165, 1.54) is 33.0 Å². The van der Waals surface area contributed by atoms with E-state index < -0.39 is 7.94 Å². The third kappa shape index (κ3) is 8.69. The molecule has 0 spiro atoms. The van der Waals surface area contributed by atoms with Gasteiger partial charge in [0.15, 0.2) is 11.5 Å². The zero-order chi connectivity index (χ0) is 40.6. The Labute approximate surface area is 328 Å². The minimum atomic E-state index is -3.80. The molecular formula is C50H68O3P+. The Hall–Kier alpha value is -3.39. The van der Waals surface area contributed by atoms with Gasteiger partial charge in [-0.05, 0) is 113 Å². The fraction of sp³-hybridized carbons (Fsp3) is 0.480. The Kier molecular flexibility index (Phi) is 10.6. The molecule has 5 aromatic carbocycles. The van der Waals surface area contributed by atoms with Gasteiger partial charge >= 0.3 is 7.94 Å². The van der Waals surface area contributed by atoms with Crippen molar-refractivity contribution in [2.45, 2.75) is 157 Å². The molecule has 0 aromatic heterocycles. The lowest BCUT2D eigenvalue weighted by molar-refractivity contribution is 0.353. The second kappa shape index (κ2) is 13.7. The van der Waals surface area contributed by atoms with Crippen LogP contribution in [0.2, 0.25) is 0 Å². The maximum atomic E-state index is 13.1. The van der Waals surface area contributed by atoms with Gasteiger partial charge in [0, 0.05) is 11.1 Å². The highest BCUT2D eigenvalue weighted by atomic mass is 31.2. The van der Waals surface area contributed by atoms with Crippen LogP contribution in [-0.4, -0.2) is 4.89 Å². The summed E-state index contributed by atoms with van der Waals surface area (Å²) in [6.45, 7) is 40.5. The van der Waals surface area contributed by atoms with Crippen molar-refractivity contribution >= 4 is 34.8 Å². The van der Waals surface area contributed by atoms with Crippen LogP contribution in [0.25, 0.3) is 21.5 Å². The van der Waals surface area contributed by atoms with E-state index in [4.69, 9.17) is 9.05 Å². The monoisotopic (exact) mass is 747 g/mol. The molecule has 0 amide bonds. The fourth-order valence-electron chi connectivity index (χ4n) is 7.22. The van der Waals surface area contributed by atoms with E-state index in [9.17, 15) is 4.89 Å². The van der Waals surface area contributed by atoms with Crippen molar-refractivity contribution in [3.8, 4) is 11.5 Å². The maximum Gasteiger partial charge on any atom is 0.533 e. The number of hydrogen-bond donors (Lipinski definition) is 1. The lowest BCUT2D eigenvalue weighted by Crippen LogP contribution is -2.24. The fourth-order valence-corrected chi connectivity index (χ4v) is 8.85. The van der Waals surface area contributed by atoms with Crippen molar-refractivity contribution < 1.29 is 13.9 Å². The molecule has 0 bridgehead atoms. The molecule has 290 valence electrons. The first-order valence-corrected chi connectivity index (χ1v) is 21.3. The standard InChI is InChI=1S/C50H68O3P/c1-45(2,3)34-24-32-26-41(49(13,14)15)43(30-37(32)39(28-34)47(7,8)9)52-54(51,36-22-20-19-21-23-36)53-44-31-38-33(27-42(44)50(16,17)18)25-35(46(4,5)6)29-40(38)48(10,11)12/h19-31,51H,1-18H3/q+1. The normalized spacial score (nSPS) is 13.8. The van der Waals surface area contributed by atoms with Gasteiger partial charge in [0.25, 0.3) is 0 Å². The molecular weight excluding hydrogens is 680 g/mol. The minimum Gasteiger partial charge on any atom is -0.273 e. The minimum absolute atomic E-state index is 0.00995. The molecule has 0 fully saturated rings. The molecule has 0 heterocycles. The highest BCUT2D eigenvalue weighted by molar-refractivity contribution is 7.69. The first-order valence-electron chi connectivity index (χ1n) is 19.7. The van der Waals surface area contributed by atoms with Crippen molar-refractivity contribution in [2.24, 2.45) is 0 Å². The molecule has 1 N–H and O–H groups in total. The van der Waals surface area contributed by atoms with Crippen molar-refractivity contribution in [1.29, 1.82) is 0 Å². The Morgan fingerprint density at radius 2 is 0.722 bits per heavy atom. The summed E-state index contributed by atoms with van der Waals surface area (Å²) < 4.78 is 14.2. The summed E-state index contributed by atoms with van der Waals surface area (Å²) in [7, 11) is -3.80. The average molecular weight is 748 g/mol. The average Bonchev–Trinajstić information content (AvgIpc) is 3.00. The van der Waals surface area contributed by atoms with Gasteiger partial charge in [-0.1, -0.05) is 167 Å². The predicted octanol–water partition coefficient (Wildman–Crippen LogP) is 14.3. The Morgan fingerprint density at radius 1 is 0.389 bits per heavy atom. The van der Waals surface area contributed by atoms with Crippen LogP contribution in [0, 0.1) is 0 Å². The topological polar surface area (TPSA) is 38.7 Å². The van der Waals surface area contributed by atoms with Crippen LogP contribution < -0.4 is 14.4 Å². The molecule has 0 atom stereocenters. The largest absolute Gasteiger partial charge is 0.533 e. The van der Waals surface area contributed by atoms with Crippen molar-refractivity contribution in [3.63, 3.8) is 0 Å². The molecule has 0 unspecified atom stereocenters. The van der Waals surface area contributed by atoms with E-state index in [2.05, 4.69) is 173 Å². The molecule has 5 aromatic rings. The van der Waals surface area contributed by atoms with Gasteiger partial charge in [0.2, 0.25) is 5.30 Å². The molecule has 4 heteroatoms. The smallest absolute Gasteiger partial charge is 0.273 e. The third-order valence-electron chi connectivity index (χ3n) is 10.6. The molecule has 0 saturated heterocycles. The lowest BCUT2D eigenvalue weighted by atomic mass is 9.76. The summed E-state index contributed by atoms with van der Waals surface area (Å²) >= 11 is 0. The van der Waals surface area contributed by atoms with Crippen LogP contribution in [0.5, 0.6) is 11.5 Å². The van der Waals surface area contributed by atoms with Crippen LogP contribution in [0.3, 0.4) is 0 Å². The first-order chi connectivity index (χ1) is 24.4. The highest BCUT2D eigenvalue weighted by Gasteiger charge is 2.49. The molecule has 3 nitrogen and oxygen atoms in total.